The van der Waals surface area contributed by atoms with Crippen molar-refractivity contribution in [2.24, 2.45) is 0 Å². The van der Waals surface area contributed by atoms with Crippen LogP contribution in [0.15, 0.2) is 48.5 Å². The Labute approximate surface area is 154 Å². The fraction of sp³-hybridized carbons (Fsp3) is 0.316. The molecule has 1 heterocycles. The van der Waals surface area contributed by atoms with Gasteiger partial charge < -0.3 is 15.5 Å². The second-order valence-corrected chi connectivity index (χ2v) is 6.90. The lowest BCUT2D eigenvalue weighted by atomic mass is 10.1. The maximum atomic E-state index is 6.15. The van der Waals surface area contributed by atoms with Gasteiger partial charge in [0.2, 0.25) is 0 Å². The predicted octanol–water partition coefficient (Wildman–Crippen LogP) is 4.99. The highest BCUT2D eigenvalue weighted by atomic mass is 35.5. The molecule has 0 radical (unpaired) electrons. The Balaban J connectivity index is 1.58. The number of nitrogens with zero attached hydrogens (tertiary/aromatic N) is 1. The standard InChI is InChI=1S/C19H22ClN3S/c1-14(21-19(24)22-18-7-3-2-6-17(18)20)15-8-10-16(11-9-15)23-12-4-5-13-23/h2-3,6-11,14H,4-5,12-13H2,1H3,(H2,21,22,24)/t14-/m1/s1. The van der Waals surface area contributed by atoms with Crippen molar-refractivity contribution < 1.29 is 0 Å². The fourth-order valence-electron chi connectivity index (χ4n) is 2.95. The van der Waals surface area contributed by atoms with E-state index in [4.69, 9.17) is 23.8 Å². The van der Waals surface area contributed by atoms with Crippen molar-refractivity contribution in [2.75, 3.05) is 23.3 Å². The number of benzene rings is 2. The molecule has 126 valence electrons. The molecule has 0 amide bonds. The molecular weight excluding hydrogens is 338 g/mol. The van der Waals surface area contributed by atoms with Crippen LogP contribution in [-0.2, 0) is 0 Å². The molecule has 0 saturated carbocycles. The van der Waals surface area contributed by atoms with E-state index < -0.39 is 0 Å². The highest BCUT2D eigenvalue weighted by molar-refractivity contribution is 7.80. The molecule has 0 unspecified atom stereocenters. The monoisotopic (exact) mass is 359 g/mol. The second kappa shape index (κ2) is 7.86. The third kappa shape index (κ3) is 4.19. The van der Waals surface area contributed by atoms with E-state index in [0.29, 0.717) is 10.1 Å². The van der Waals surface area contributed by atoms with E-state index in [9.17, 15) is 0 Å². The van der Waals surface area contributed by atoms with Gasteiger partial charge in [-0.2, -0.15) is 0 Å². The van der Waals surface area contributed by atoms with Crippen LogP contribution >= 0.6 is 23.8 Å². The average Bonchev–Trinajstić information content (AvgIpc) is 3.11. The minimum atomic E-state index is 0.125. The minimum Gasteiger partial charge on any atom is -0.372 e. The third-order valence-corrected chi connectivity index (χ3v) is 4.88. The summed E-state index contributed by atoms with van der Waals surface area (Å²) in [6, 6.07) is 16.4. The van der Waals surface area contributed by atoms with Gasteiger partial charge in [-0.1, -0.05) is 35.9 Å². The molecule has 1 aliphatic rings. The van der Waals surface area contributed by atoms with Gasteiger partial charge in [-0.05, 0) is 61.8 Å². The van der Waals surface area contributed by atoms with Crippen molar-refractivity contribution in [2.45, 2.75) is 25.8 Å². The highest BCUT2D eigenvalue weighted by Gasteiger charge is 2.13. The van der Waals surface area contributed by atoms with Crippen molar-refractivity contribution in [3.8, 4) is 0 Å². The van der Waals surface area contributed by atoms with Gasteiger partial charge in [0.25, 0.3) is 0 Å². The quantitative estimate of drug-likeness (QED) is 0.752. The lowest BCUT2D eigenvalue weighted by Gasteiger charge is -2.20. The number of anilines is 2. The molecule has 0 spiro atoms. The first kappa shape index (κ1) is 17.1. The van der Waals surface area contributed by atoms with E-state index in [2.05, 4.69) is 46.7 Å². The molecule has 0 aliphatic carbocycles. The first-order chi connectivity index (χ1) is 11.6. The summed E-state index contributed by atoms with van der Waals surface area (Å²) in [6.07, 6.45) is 2.59. The van der Waals surface area contributed by atoms with Crippen LogP contribution in [0.1, 0.15) is 31.4 Å². The zero-order valence-electron chi connectivity index (χ0n) is 13.8. The van der Waals surface area contributed by atoms with Gasteiger partial charge in [0, 0.05) is 18.8 Å². The smallest absolute Gasteiger partial charge is 0.171 e. The first-order valence-corrected chi connectivity index (χ1v) is 9.09. The number of rotatable bonds is 4. The van der Waals surface area contributed by atoms with Crippen LogP contribution in [0.5, 0.6) is 0 Å². The van der Waals surface area contributed by atoms with E-state index in [1.54, 1.807) is 0 Å². The van der Waals surface area contributed by atoms with Crippen molar-refractivity contribution in [3.63, 3.8) is 0 Å². The zero-order valence-corrected chi connectivity index (χ0v) is 15.3. The molecule has 2 aromatic rings. The molecule has 0 bridgehead atoms. The number of hydrogen-bond acceptors (Lipinski definition) is 2. The van der Waals surface area contributed by atoms with Gasteiger partial charge in [-0.15, -0.1) is 0 Å². The Hall–Kier alpha value is -1.78. The Morgan fingerprint density at radius 1 is 1.08 bits per heavy atom. The first-order valence-electron chi connectivity index (χ1n) is 8.30. The molecule has 0 aromatic heterocycles. The molecule has 24 heavy (non-hydrogen) atoms. The van der Waals surface area contributed by atoms with Crippen LogP contribution < -0.4 is 15.5 Å². The van der Waals surface area contributed by atoms with E-state index in [0.717, 1.165) is 5.69 Å². The summed E-state index contributed by atoms with van der Waals surface area (Å²) in [4.78, 5) is 2.44. The molecule has 3 nitrogen and oxygen atoms in total. The van der Waals surface area contributed by atoms with E-state index >= 15 is 0 Å². The summed E-state index contributed by atoms with van der Waals surface area (Å²) in [5.41, 5.74) is 3.33. The summed E-state index contributed by atoms with van der Waals surface area (Å²) >= 11 is 11.5. The number of thiocarbonyl (C=S) groups is 1. The number of nitrogens with one attached hydrogen (secondary N) is 2. The van der Waals surface area contributed by atoms with Crippen molar-refractivity contribution >= 4 is 40.3 Å². The van der Waals surface area contributed by atoms with Crippen molar-refractivity contribution in [1.29, 1.82) is 0 Å². The molecule has 3 rings (SSSR count). The van der Waals surface area contributed by atoms with Crippen LogP contribution in [0.4, 0.5) is 11.4 Å². The lowest BCUT2D eigenvalue weighted by molar-refractivity contribution is 0.722. The van der Waals surface area contributed by atoms with Crippen molar-refractivity contribution in [1.82, 2.24) is 5.32 Å². The predicted molar refractivity (Wildman–Crippen MR) is 107 cm³/mol. The molecule has 2 N–H and O–H groups in total. The lowest BCUT2D eigenvalue weighted by Crippen LogP contribution is -2.31. The van der Waals surface area contributed by atoms with Gasteiger partial charge in [-0.25, -0.2) is 0 Å². The average molecular weight is 360 g/mol. The summed E-state index contributed by atoms with van der Waals surface area (Å²) in [6.45, 7) is 4.43. The van der Waals surface area contributed by atoms with E-state index in [-0.39, 0.29) is 6.04 Å². The normalized spacial score (nSPS) is 15.2. The van der Waals surface area contributed by atoms with Crippen LogP contribution in [0, 0.1) is 0 Å². The second-order valence-electron chi connectivity index (χ2n) is 6.09. The van der Waals surface area contributed by atoms with Crippen LogP contribution in [0.2, 0.25) is 5.02 Å². The van der Waals surface area contributed by atoms with Gasteiger partial charge in [-0.3, -0.25) is 0 Å². The number of para-hydroxylation sites is 1. The largest absolute Gasteiger partial charge is 0.372 e. The van der Waals surface area contributed by atoms with Gasteiger partial charge in [0.15, 0.2) is 5.11 Å². The van der Waals surface area contributed by atoms with Gasteiger partial charge in [0.05, 0.1) is 16.8 Å². The fourth-order valence-corrected chi connectivity index (χ4v) is 3.42. The summed E-state index contributed by atoms with van der Waals surface area (Å²) in [5.74, 6) is 0. The van der Waals surface area contributed by atoms with Crippen LogP contribution in [-0.4, -0.2) is 18.2 Å². The highest BCUT2D eigenvalue weighted by Crippen LogP contribution is 2.23. The van der Waals surface area contributed by atoms with Crippen molar-refractivity contribution in [3.05, 3.63) is 59.1 Å². The Bertz CT molecular complexity index is 696. The molecular formula is C19H22ClN3S. The maximum Gasteiger partial charge on any atom is 0.171 e. The molecule has 1 fully saturated rings. The molecule has 2 aromatic carbocycles. The number of hydrogen-bond donors (Lipinski definition) is 2. The maximum absolute atomic E-state index is 6.15. The molecule has 1 saturated heterocycles. The summed E-state index contributed by atoms with van der Waals surface area (Å²) in [5, 5.41) is 7.68. The number of halogens is 1. The topological polar surface area (TPSA) is 27.3 Å². The Morgan fingerprint density at radius 2 is 1.75 bits per heavy atom. The molecule has 1 aliphatic heterocycles. The Kier molecular flexibility index (Phi) is 5.59. The van der Waals surface area contributed by atoms with Gasteiger partial charge >= 0.3 is 0 Å². The summed E-state index contributed by atoms with van der Waals surface area (Å²) < 4.78 is 0. The molecule has 5 heteroatoms. The van der Waals surface area contributed by atoms with E-state index in [1.165, 1.54) is 37.2 Å². The van der Waals surface area contributed by atoms with Crippen LogP contribution in [0.3, 0.4) is 0 Å². The SMILES string of the molecule is C[C@@H](NC(=S)Nc1ccccc1Cl)c1ccc(N2CCCC2)cc1. The summed E-state index contributed by atoms with van der Waals surface area (Å²) in [7, 11) is 0. The minimum absolute atomic E-state index is 0.125. The third-order valence-electron chi connectivity index (χ3n) is 4.33. The Morgan fingerprint density at radius 3 is 2.42 bits per heavy atom. The molecule has 1 atom stereocenters. The van der Waals surface area contributed by atoms with E-state index in [1.807, 2.05) is 24.3 Å². The van der Waals surface area contributed by atoms with Crippen LogP contribution in [0.25, 0.3) is 0 Å². The zero-order chi connectivity index (χ0) is 16.9. The van der Waals surface area contributed by atoms with Gasteiger partial charge in [0.1, 0.15) is 0 Å².